The van der Waals surface area contributed by atoms with Crippen molar-refractivity contribution in [2.45, 2.75) is 4.90 Å². The molecule has 1 aliphatic heterocycles. The quantitative estimate of drug-likeness (QED) is 0.325. The maximum absolute atomic E-state index is 13.4. The second-order valence-corrected chi connectivity index (χ2v) is 8.84. The average Bonchev–Trinajstić information content (AvgIpc) is 2.83. The van der Waals surface area contributed by atoms with Gasteiger partial charge in [0.1, 0.15) is 10.6 Å². The smallest absolute Gasteiger partial charge is 0.338 e. The molecule has 3 rings (SSSR count). The zero-order valence-corrected chi connectivity index (χ0v) is 18.7. The number of halogens is 1. The topological polar surface area (TPSA) is 154 Å². The number of nitro benzene ring substituents is 1. The minimum atomic E-state index is -3.99. The molecule has 0 aliphatic carbocycles. The van der Waals surface area contributed by atoms with Crippen LogP contribution >= 0.6 is 0 Å². The van der Waals surface area contributed by atoms with Gasteiger partial charge in [0.25, 0.3) is 5.91 Å². The fourth-order valence-corrected chi connectivity index (χ4v) is 4.66. The third kappa shape index (κ3) is 5.65. The molecular formula is C20H20FN3O9S. The number of anilines is 1. The average molecular weight is 497 g/mol. The predicted octanol–water partition coefficient (Wildman–Crippen LogP) is 1.56. The molecule has 0 saturated carbocycles. The van der Waals surface area contributed by atoms with E-state index in [9.17, 15) is 32.5 Å². The molecule has 1 aliphatic rings. The number of nitrogens with one attached hydrogen (secondary N) is 1. The molecule has 0 atom stereocenters. The summed E-state index contributed by atoms with van der Waals surface area (Å²) < 4.78 is 55.9. The van der Waals surface area contributed by atoms with Gasteiger partial charge in [-0.05, 0) is 30.3 Å². The van der Waals surface area contributed by atoms with Crippen molar-refractivity contribution in [3.8, 4) is 5.75 Å². The van der Waals surface area contributed by atoms with E-state index >= 15 is 0 Å². The lowest BCUT2D eigenvalue weighted by atomic mass is 10.2. The van der Waals surface area contributed by atoms with Crippen LogP contribution in [0.1, 0.15) is 10.4 Å². The van der Waals surface area contributed by atoms with E-state index in [1.807, 2.05) is 0 Å². The van der Waals surface area contributed by atoms with Gasteiger partial charge in [0, 0.05) is 24.8 Å². The molecule has 12 nitrogen and oxygen atoms in total. The molecule has 14 heteroatoms. The lowest BCUT2D eigenvalue weighted by Gasteiger charge is -2.26. The molecule has 1 amide bonds. The zero-order chi connectivity index (χ0) is 24.9. The highest BCUT2D eigenvalue weighted by atomic mass is 32.2. The standard InChI is InChI=1S/C20H20FN3O9S/c1-31-17-5-2-13(10-18(17)34(29,30)23-6-8-32-9-7-23)20(26)33-12-19(25)22-14-3-4-15(21)16(11-14)24(27)28/h2-5,10-11H,6-9,12H2,1H3,(H,22,25). The number of morpholine rings is 1. The third-order valence-electron chi connectivity index (χ3n) is 4.75. The summed E-state index contributed by atoms with van der Waals surface area (Å²) in [5.74, 6) is -2.87. The Hall–Kier alpha value is -3.62. The number of carbonyl (C=O) groups excluding carboxylic acids is 2. The first-order valence-electron chi connectivity index (χ1n) is 9.80. The Kier molecular flexibility index (Phi) is 7.75. The summed E-state index contributed by atoms with van der Waals surface area (Å²) in [4.78, 5) is 34.1. The highest BCUT2D eigenvalue weighted by molar-refractivity contribution is 7.89. The van der Waals surface area contributed by atoms with Crippen molar-refractivity contribution in [1.29, 1.82) is 0 Å². The van der Waals surface area contributed by atoms with Gasteiger partial charge in [-0.1, -0.05) is 0 Å². The van der Waals surface area contributed by atoms with Crippen molar-refractivity contribution in [2.75, 3.05) is 45.3 Å². The molecule has 34 heavy (non-hydrogen) atoms. The first-order chi connectivity index (χ1) is 16.1. The molecule has 0 bridgehead atoms. The molecule has 1 saturated heterocycles. The van der Waals surface area contributed by atoms with Gasteiger partial charge in [-0.2, -0.15) is 8.70 Å². The summed E-state index contributed by atoms with van der Waals surface area (Å²) in [7, 11) is -2.70. The number of nitrogens with zero attached hydrogens (tertiary/aromatic N) is 2. The second-order valence-electron chi connectivity index (χ2n) is 6.93. The summed E-state index contributed by atoms with van der Waals surface area (Å²) in [6.45, 7) is -0.0312. The van der Waals surface area contributed by atoms with Gasteiger partial charge in [0.2, 0.25) is 15.8 Å². The molecular weight excluding hydrogens is 477 g/mol. The predicted molar refractivity (Wildman–Crippen MR) is 115 cm³/mol. The van der Waals surface area contributed by atoms with Gasteiger partial charge in [-0.3, -0.25) is 14.9 Å². The molecule has 1 N–H and O–H groups in total. The number of ether oxygens (including phenoxy) is 3. The number of hydrogen-bond donors (Lipinski definition) is 1. The zero-order valence-electron chi connectivity index (χ0n) is 17.9. The van der Waals surface area contributed by atoms with Crippen LogP contribution in [0.4, 0.5) is 15.8 Å². The molecule has 0 radical (unpaired) electrons. The van der Waals surface area contributed by atoms with E-state index in [0.717, 1.165) is 24.3 Å². The Bertz CT molecular complexity index is 1210. The third-order valence-corrected chi connectivity index (χ3v) is 6.67. The van der Waals surface area contributed by atoms with E-state index in [4.69, 9.17) is 14.2 Å². The van der Waals surface area contributed by atoms with E-state index in [1.54, 1.807) is 0 Å². The van der Waals surface area contributed by atoms with Crippen LogP contribution in [0.3, 0.4) is 0 Å². The maximum atomic E-state index is 13.4. The van der Waals surface area contributed by atoms with E-state index in [0.29, 0.717) is 0 Å². The molecule has 1 heterocycles. The van der Waals surface area contributed by atoms with E-state index in [2.05, 4.69) is 5.32 Å². The summed E-state index contributed by atoms with van der Waals surface area (Å²) in [6, 6.07) is 6.40. The minimum Gasteiger partial charge on any atom is -0.495 e. The van der Waals surface area contributed by atoms with Crippen LogP contribution in [0, 0.1) is 15.9 Å². The number of rotatable bonds is 8. The van der Waals surface area contributed by atoms with Crippen molar-refractivity contribution < 1.29 is 41.5 Å². The minimum absolute atomic E-state index is 0.0266. The molecule has 1 fully saturated rings. The molecule has 182 valence electrons. The Labute approximate surface area is 193 Å². The van der Waals surface area contributed by atoms with Crippen LogP contribution in [0.2, 0.25) is 0 Å². The van der Waals surface area contributed by atoms with Crippen LogP contribution in [-0.4, -0.2) is 69.5 Å². The number of carbonyl (C=O) groups is 2. The van der Waals surface area contributed by atoms with Crippen LogP contribution in [0.25, 0.3) is 0 Å². The molecule has 0 unspecified atom stereocenters. The number of esters is 1. The van der Waals surface area contributed by atoms with Crippen LogP contribution in [0.15, 0.2) is 41.3 Å². The number of benzene rings is 2. The number of hydrogen-bond acceptors (Lipinski definition) is 9. The van der Waals surface area contributed by atoms with Crippen LogP contribution in [0.5, 0.6) is 5.75 Å². The van der Waals surface area contributed by atoms with Gasteiger partial charge in [-0.15, -0.1) is 0 Å². The summed E-state index contributed by atoms with van der Waals surface area (Å²) in [5.41, 5.74) is -1.04. The summed E-state index contributed by atoms with van der Waals surface area (Å²) >= 11 is 0. The number of nitro groups is 1. The molecule has 0 spiro atoms. The van der Waals surface area contributed by atoms with E-state index in [-0.39, 0.29) is 48.2 Å². The van der Waals surface area contributed by atoms with Crippen LogP contribution in [-0.2, 0) is 24.3 Å². The first-order valence-corrected chi connectivity index (χ1v) is 11.2. The number of sulfonamides is 1. The molecule has 0 aromatic heterocycles. The Morgan fingerprint density at radius 1 is 1.21 bits per heavy atom. The van der Waals surface area contributed by atoms with Gasteiger partial charge in [-0.25, -0.2) is 13.2 Å². The van der Waals surface area contributed by atoms with Crippen molar-refractivity contribution >= 4 is 33.3 Å². The van der Waals surface area contributed by atoms with Gasteiger partial charge in [0.15, 0.2) is 6.61 Å². The van der Waals surface area contributed by atoms with Crippen molar-refractivity contribution in [1.82, 2.24) is 4.31 Å². The SMILES string of the molecule is COc1ccc(C(=O)OCC(=O)Nc2ccc(F)c([N+](=O)[O-])c2)cc1S(=O)(=O)N1CCOCC1. The molecule has 2 aromatic carbocycles. The summed E-state index contributed by atoms with van der Waals surface area (Å²) in [6.07, 6.45) is 0. The number of methoxy groups -OCH3 is 1. The summed E-state index contributed by atoms with van der Waals surface area (Å²) in [5, 5.41) is 13.0. The van der Waals surface area contributed by atoms with Crippen LogP contribution < -0.4 is 10.1 Å². The number of amides is 1. The Morgan fingerprint density at radius 3 is 2.56 bits per heavy atom. The fraction of sp³-hybridized carbons (Fsp3) is 0.300. The Morgan fingerprint density at radius 2 is 1.91 bits per heavy atom. The monoisotopic (exact) mass is 497 g/mol. The van der Waals surface area contributed by atoms with Gasteiger partial charge in [0.05, 0.1) is 30.8 Å². The van der Waals surface area contributed by atoms with Gasteiger partial charge >= 0.3 is 11.7 Å². The second kappa shape index (κ2) is 10.5. The normalized spacial score (nSPS) is 14.3. The van der Waals surface area contributed by atoms with E-state index < -0.39 is 44.9 Å². The highest BCUT2D eigenvalue weighted by Crippen LogP contribution is 2.29. The maximum Gasteiger partial charge on any atom is 0.338 e. The van der Waals surface area contributed by atoms with Crippen molar-refractivity contribution in [3.05, 3.63) is 57.9 Å². The van der Waals surface area contributed by atoms with Crippen molar-refractivity contribution in [3.63, 3.8) is 0 Å². The molecule has 2 aromatic rings. The Balaban J connectivity index is 1.70. The van der Waals surface area contributed by atoms with E-state index in [1.165, 1.54) is 23.5 Å². The lowest BCUT2D eigenvalue weighted by molar-refractivity contribution is -0.387. The highest BCUT2D eigenvalue weighted by Gasteiger charge is 2.30. The van der Waals surface area contributed by atoms with Crippen molar-refractivity contribution in [2.24, 2.45) is 0 Å². The van der Waals surface area contributed by atoms with Gasteiger partial charge < -0.3 is 19.5 Å². The lowest BCUT2D eigenvalue weighted by Crippen LogP contribution is -2.40. The fourth-order valence-electron chi connectivity index (χ4n) is 3.07. The first kappa shape index (κ1) is 25.0. The largest absolute Gasteiger partial charge is 0.495 e.